The molecular weight excluding hydrogens is 268 g/mol. The lowest BCUT2D eigenvalue weighted by atomic mass is 10.1. The number of hydrogen-bond acceptors (Lipinski definition) is 4. The van der Waals surface area contributed by atoms with Crippen LogP contribution in [0.15, 0.2) is 36.5 Å². The summed E-state index contributed by atoms with van der Waals surface area (Å²) < 4.78 is 5.06. The number of aromatic amines is 1. The van der Waals surface area contributed by atoms with Crippen LogP contribution < -0.4 is 10.1 Å². The number of aromatic nitrogens is 3. The fourth-order valence-corrected chi connectivity index (χ4v) is 2.07. The van der Waals surface area contributed by atoms with Crippen LogP contribution in [0.2, 0.25) is 0 Å². The van der Waals surface area contributed by atoms with Crippen LogP contribution >= 0.6 is 0 Å². The third-order valence-electron chi connectivity index (χ3n) is 3.08. The summed E-state index contributed by atoms with van der Waals surface area (Å²) in [6.45, 7) is 1.81. The monoisotopic (exact) mass is 282 g/mol. The number of H-pyrrole nitrogens is 1. The van der Waals surface area contributed by atoms with Crippen LogP contribution in [-0.2, 0) is 0 Å². The average Bonchev–Trinajstić information content (AvgIpc) is 2.93. The lowest BCUT2D eigenvalue weighted by Crippen LogP contribution is -2.14. The van der Waals surface area contributed by atoms with E-state index >= 15 is 0 Å². The van der Waals surface area contributed by atoms with Gasteiger partial charge in [0.25, 0.3) is 5.91 Å². The number of hydrogen-bond donors (Lipinski definition) is 2. The molecule has 2 aromatic heterocycles. The Labute approximate surface area is 121 Å². The highest BCUT2D eigenvalue weighted by Crippen LogP contribution is 2.16. The Morgan fingerprint density at radius 2 is 2.10 bits per heavy atom. The number of carbonyl (C=O) groups is 1. The third-order valence-corrected chi connectivity index (χ3v) is 3.08. The van der Waals surface area contributed by atoms with Crippen molar-refractivity contribution in [1.29, 1.82) is 0 Å². The third kappa shape index (κ3) is 2.69. The Morgan fingerprint density at radius 3 is 2.90 bits per heavy atom. The molecule has 21 heavy (non-hydrogen) atoms. The number of aryl methyl sites for hydroxylation is 1. The Kier molecular flexibility index (Phi) is 3.27. The zero-order valence-electron chi connectivity index (χ0n) is 11.7. The van der Waals surface area contributed by atoms with Crippen LogP contribution in [0.1, 0.15) is 16.1 Å². The maximum Gasteiger partial charge on any atom is 0.258 e. The fourth-order valence-electron chi connectivity index (χ4n) is 2.07. The van der Waals surface area contributed by atoms with E-state index in [1.165, 1.54) is 7.11 Å². The molecule has 1 aromatic carbocycles. The van der Waals surface area contributed by atoms with Crippen molar-refractivity contribution in [2.75, 3.05) is 12.4 Å². The minimum atomic E-state index is -0.259. The maximum atomic E-state index is 12.2. The van der Waals surface area contributed by atoms with Gasteiger partial charge in [0.2, 0.25) is 11.8 Å². The summed E-state index contributed by atoms with van der Waals surface area (Å²) in [5.41, 5.74) is 2.25. The van der Waals surface area contributed by atoms with Gasteiger partial charge in [-0.15, -0.1) is 0 Å². The molecule has 6 nitrogen and oxygen atoms in total. The number of rotatable bonds is 3. The van der Waals surface area contributed by atoms with Crippen molar-refractivity contribution in [2.24, 2.45) is 0 Å². The molecule has 106 valence electrons. The summed E-state index contributed by atoms with van der Waals surface area (Å²) in [4.78, 5) is 23.6. The SMILES string of the molecule is COc1cc(C)nc(NC(=O)c2ccc3[nH]ccc3c2)n1. The van der Waals surface area contributed by atoms with E-state index in [4.69, 9.17) is 4.74 Å². The molecule has 3 aromatic rings. The van der Waals surface area contributed by atoms with Gasteiger partial charge in [0.05, 0.1) is 7.11 Å². The topological polar surface area (TPSA) is 79.9 Å². The van der Waals surface area contributed by atoms with Crippen molar-refractivity contribution < 1.29 is 9.53 Å². The van der Waals surface area contributed by atoms with Gasteiger partial charge < -0.3 is 9.72 Å². The van der Waals surface area contributed by atoms with Crippen molar-refractivity contribution in [2.45, 2.75) is 6.92 Å². The number of nitrogens with zero attached hydrogens (tertiary/aromatic N) is 2. The molecule has 6 heteroatoms. The molecule has 2 N–H and O–H groups in total. The van der Waals surface area contributed by atoms with Crippen molar-refractivity contribution in [3.05, 3.63) is 47.8 Å². The Bertz CT molecular complexity index is 810. The van der Waals surface area contributed by atoms with Crippen LogP contribution in [0.5, 0.6) is 5.88 Å². The summed E-state index contributed by atoms with van der Waals surface area (Å²) in [7, 11) is 1.52. The van der Waals surface area contributed by atoms with Crippen molar-refractivity contribution in [3.8, 4) is 5.88 Å². The van der Waals surface area contributed by atoms with E-state index in [0.29, 0.717) is 11.4 Å². The second-order valence-electron chi connectivity index (χ2n) is 4.61. The highest BCUT2D eigenvalue weighted by molar-refractivity contribution is 6.05. The van der Waals surface area contributed by atoms with Crippen LogP contribution in [0.25, 0.3) is 10.9 Å². The largest absolute Gasteiger partial charge is 0.481 e. The predicted octanol–water partition coefficient (Wildman–Crippen LogP) is 2.53. The molecule has 0 aliphatic rings. The summed E-state index contributed by atoms with van der Waals surface area (Å²) >= 11 is 0. The molecule has 0 fully saturated rings. The van der Waals surface area contributed by atoms with Crippen molar-refractivity contribution in [3.63, 3.8) is 0 Å². The number of fused-ring (bicyclic) bond motifs is 1. The predicted molar refractivity (Wildman–Crippen MR) is 79.6 cm³/mol. The quantitative estimate of drug-likeness (QED) is 0.773. The number of ether oxygens (including phenoxy) is 1. The summed E-state index contributed by atoms with van der Waals surface area (Å²) in [6.07, 6.45) is 1.83. The molecular formula is C15H14N4O2. The lowest BCUT2D eigenvalue weighted by molar-refractivity contribution is 0.102. The first-order chi connectivity index (χ1) is 10.2. The van der Waals surface area contributed by atoms with Crippen LogP contribution in [0.4, 0.5) is 5.95 Å². The summed E-state index contributed by atoms with van der Waals surface area (Å²) in [5.74, 6) is 0.385. The highest BCUT2D eigenvalue weighted by atomic mass is 16.5. The van der Waals surface area contributed by atoms with Gasteiger partial charge in [-0.1, -0.05) is 0 Å². The van der Waals surface area contributed by atoms with Crippen LogP contribution in [-0.4, -0.2) is 28.0 Å². The number of anilines is 1. The normalized spacial score (nSPS) is 10.6. The van der Waals surface area contributed by atoms with E-state index in [1.54, 1.807) is 12.1 Å². The zero-order valence-corrected chi connectivity index (χ0v) is 11.7. The van der Waals surface area contributed by atoms with E-state index in [0.717, 1.165) is 16.6 Å². The molecule has 0 bridgehead atoms. The smallest absolute Gasteiger partial charge is 0.258 e. The standard InChI is InChI=1S/C15H14N4O2/c1-9-7-13(21-2)18-15(17-9)19-14(20)11-3-4-12-10(8-11)5-6-16-12/h3-8,16H,1-2H3,(H,17,18,19,20). The summed E-state index contributed by atoms with van der Waals surface area (Å²) in [6, 6.07) is 9.04. The minimum absolute atomic E-state index is 0.228. The molecule has 0 aliphatic heterocycles. The van der Waals surface area contributed by atoms with Gasteiger partial charge in [0, 0.05) is 34.4 Å². The molecule has 0 radical (unpaired) electrons. The molecule has 0 spiro atoms. The van der Waals surface area contributed by atoms with Crippen LogP contribution in [0.3, 0.4) is 0 Å². The first kappa shape index (κ1) is 13.1. The Hall–Kier alpha value is -2.89. The van der Waals surface area contributed by atoms with E-state index in [2.05, 4.69) is 20.3 Å². The van der Waals surface area contributed by atoms with E-state index in [9.17, 15) is 4.79 Å². The number of methoxy groups -OCH3 is 1. The molecule has 0 unspecified atom stereocenters. The molecule has 0 atom stereocenters. The molecule has 1 amide bonds. The van der Waals surface area contributed by atoms with Crippen molar-refractivity contribution >= 4 is 22.8 Å². The zero-order chi connectivity index (χ0) is 14.8. The number of benzene rings is 1. The van der Waals surface area contributed by atoms with Gasteiger partial charge in [0.1, 0.15) is 0 Å². The second kappa shape index (κ2) is 5.24. The molecule has 2 heterocycles. The van der Waals surface area contributed by atoms with Gasteiger partial charge >= 0.3 is 0 Å². The van der Waals surface area contributed by atoms with E-state index in [1.807, 2.05) is 31.3 Å². The second-order valence-corrected chi connectivity index (χ2v) is 4.61. The number of carbonyl (C=O) groups excluding carboxylic acids is 1. The van der Waals surface area contributed by atoms with E-state index < -0.39 is 0 Å². The number of nitrogens with one attached hydrogen (secondary N) is 2. The van der Waals surface area contributed by atoms with Gasteiger partial charge in [0.15, 0.2) is 0 Å². The van der Waals surface area contributed by atoms with Gasteiger partial charge in [-0.3, -0.25) is 10.1 Å². The summed E-state index contributed by atoms with van der Waals surface area (Å²) in [5, 5.41) is 3.66. The molecule has 3 rings (SSSR count). The molecule has 0 saturated carbocycles. The molecule has 0 aliphatic carbocycles. The van der Waals surface area contributed by atoms with Gasteiger partial charge in [-0.25, -0.2) is 4.98 Å². The first-order valence-corrected chi connectivity index (χ1v) is 6.44. The Balaban J connectivity index is 1.86. The highest BCUT2D eigenvalue weighted by Gasteiger charge is 2.10. The van der Waals surface area contributed by atoms with Crippen molar-refractivity contribution in [1.82, 2.24) is 15.0 Å². The first-order valence-electron chi connectivity index (χ1n) is 6.44. The number of amides is 1. The van der Waals surface area contributed by atoms with E-state index in [-0.39, 0.29) is 11.9 Å². The van der Waals surface area contributed by atoms with Gasteiger partial charge in [-0.2, -0.15) is 4.98 Å². The van der Waals surface area contributed by atoms with Gasteiger partial charge in [-0.05, 0) is 31.2 Å². The maximum absolute atomic E-state index is 12.2. The van der Waals surface area contributed by atoms with Crippen LogP contribution in [0, 0.1) is 6.92 Å². The average molecular weight is 282 g/mol. The lowest BCUT2D eigenvalue weighted by Gasteiger charge is -2.06. The Morgan fingerprint density at radius 1 is 1.24 bits per heavy atom. The fraction of sp³-hybridized carbons (Fsp3) is 0.133. The minimum Gasteiger partial charge on any atom is -0.481 e. The molecule has 0 saturated heterocycles.